The molecule has 0 aliphatic heterocycles. The van der Waals surface area contributed by atoms with E-state index in [0.29, 0.717) is 18.6 Å². The molecule has 1 rings (SSSR count). The first-order valence-electron chi connectivity index (χ1n) is 4.31. The average Bonchev–Trinajstić information content (AvgIpc) is 2.01. The molecule has 0 aliphatic rings. The lowest BCUT2D eigenvalue weighted by Crippen LogP contribution is -2.28. The van der Waals surface area contributed by atoms with Crippen LogP contribution in [0.25, 0.3) is 0 Å². The van der Waals surface area contributed by atoms with Gasteiger partial charge in [0.2, 0.25) is 0 Å². The Kier molecular flexibility index (Phi) is 3.98. The largest absolute Gasteiger partial charge is 0.383 e. The van der Waals surface area contributed by atoms with Gasteiger partial charge in [-0.3, -0.25) is 0 Å². The number of rotatable bonds is 4. The number of hydrogen-bond donors (Lipinski definition) is 1. The van der Waals surface area contributed by atoms with Crippen LogP contribution in [0.1, 0.15) is 5.56 Å². The number of halogens is 2. The van der Waals surface area contributed by atoms with Gasteiger partial charge in [0.15, 0.2) is 0 Å². The summed E-state index contributed by atoms with van der Waals surface area (Å²) < 4.78 is 30.3. The van der Waals surface area contributed by atoms with E-state index in [1.807, 2.05) is 0 Å². The Bertz CT molecular complexity index is 284. The fourth-order valence-corrected chi connectivity index (χ4v) is 1.30. The topological polar surface area (TPSA) is 35.2 Å². The van der Waals surface area contributed by atoms with E-state index in [1.54, 1.807) is 0 Å². The van der Waals surface area contributed by atoms with Crippen molar-refractivity contribution in [3.05, 3.63) is 35.4 Å². The van der Waals surface area contributed by atoms with Crippen molar-refractivity contribution in [2.45, 2.75) is 12.5 Å². The maximum Gasteiger partial charge on any atom is 0.126 e. The van der Waals surface area contributed by atoms with Crippen LogP contribution in [0.4, 0.5) is 8.78 Å². The lowest BCUT2D eigenvalue weighted by atomic mass is 10.1. The number of hydrogen-bond acceptors (Lipinski definition) is 2. The van der Waals surface area contributed by atoms with Crippen LogP contribution in [0.3, 0.4) is 0 Å². The highest BCUT2D eigenvalue weighted by atomic mass is 19.1. The molecule has 0 fully saturated rings. The smallest absolute Gasteiger partial charge is 0.126 e. The van der Waals surface area contributed by atoms with Crippen molar-refractivity contribution in [2.24, 2.45) is 5.73 Å². The molecule has 14 heavy (non-hydrogen) atoms. The quantitative estimate of drug-likeness (QED) is 0.800. The summed E-state index contributed by atoms with van der Waals surface area (Å²) in [7, 11) is 1.53. The average molecular weight is 201 g/mol. The minimum absolute atomic E-state index is 0.235. The standard InChI is InChI=1S/C10H13F2NO/c1-14-6-10(13)4-7-2-8(11)5-9(12)3-7/h2-3,5,10H,4,6,13H2,1H3. The fraction of sp³-hybridized carbons (Fsp3) is 0.400. The van der Waals surface area contributed by atoms with E-state index in [0.717, 1.165) is 6.07 Å². The lowest BCUT2D eigenvalue weighted by Gasteiger charge is -2.10. The zero-order valence-corrected chi connectivity index (χ0v) is 7.97. The third kappa shape index (κ3) is 3.40. The van der Waals surface area contributed by atoms with Gasteiger partial charge in [-0.05, 0) is 24.1 Å². The van der Waals surface area contributed by atoms with Gasteiger partial charge in [-0.15, -0.1) is 0 Å². The zero-order valence-electron chi connectivity index (χ0n) is 7.97. The molecule has 2 nitrogen and oxygen atoms in total. The van der Waals surface area contributed by atoms with Gasteiger partial charge in [0.25, 0.3) is 0 Å². The van der Waals surface area contributed by atoms with Crippen molar-refractivity contribution < 1.29 is 13.5 Å². The van der Waals surface area contributed by atoms with Crippen molar-refractivity contribution >= 4 is 0 Å². The van der Waals surface area contributed by atoms with Crippen LogP contribution in [-0.4, -0.2) is 19.8 Å². The van der Waals surface area contributed by atoms with Crippen LogP contribution in [0.5, 0.6) is 0 Å². The molecule has 1 atom stereocenters. The van der Waals surface area contributed by atoms with Gasteiger partial charge < -0.3 is 10.5 Å². The third-order valence-corrected chi connectivity index (χ3v) is 1.80. The zero-order chi connectivity index (χ0) is 10.6. The summed E-state index contributed by atoms with van der Waals surface area (Å²) in [5, 5.41) is 0. The van der Waals surface area contributed by atoms with Gasteiger partial charge in [-0.25, -0.2) is 8.78 Å². The van der Waals surface area contributed by atoms with Gasteiger partial charge in [-0.1, -0.05) is 0 Å². The molecule has 1 unspecified atom stereocenters. The van der Waals surface area contributed by atoms with Gasteiger partial charge in [0, 0.05) is 19.2 Å². The fourth-order valence-electron chi connectivity index (χ4n) is 1.30. The van der Waals surface area contributed by atoms with Crippen LogP contribution >= 0.6 is 0 Å². The normalized spacial score (nSPS) is 12.9. The summed E-state index contributed by atoms with van der Waals surface area (Å²) in [5.74, 6) is -1.16. The number of ether oxygens (including phenoxy) is 1. The van der Waals surface area contributed by atoms with Crippen molar-refractivity contribution in [2.75, 3.05) is 13.7 Å². The number of nitrogens with two attached hydrogens (primary N) is 1. The van der Waals surface area contributed by atoms with Gasteiger partial charge in [0.05, 0.1) is 6.61 Å². The molecule has 1 aromatic carbocycles. The van der Waals surface area contributed by atoms with Crippen molar-refractivity contribution in [3.8, 4) is 0 Å². The highest BCUT2D eigenvalue weighted by molar-refractivity contribution is 5.18. The first-order chi connectivity index (χ1) is 6.61. The maximum absolute atomic E-state index is 12.8. The van der Waals surface area contributed by atoms with E-state index in [2.05, 4.69) is 0 Å². The molecule has 0 heterocycles. The SMILES string of the molecule is COCC(N)Cc1cc(F)cc(F)c1. The molecule has 0 spiro atoms. The third-order valence-electron chi connectivity index (χ3n) is 1.80. The predicted octanol–water partition coefficient (Wildman–Crippen LogP) is 1.48. The maximum atomic E-state index is 12.8. The molecule has 0 aromatic heterocycles. The van der Waals surface area contributed by atoms with Gasteiger partial charge >= 0.3 is 0 Å². The monoisotopic (exact) mass is 201 g/mol. The Morgan fingerprint density at radius 2 is 1.86 bits per heavy atom. The number of benzene rings is 1. The van der Waals surface area contributed by atoms with E-state index in [-0.39, 0.29) is 6.04 Å². The van der Waals surface area contributed by atoms with E-state index in [1.165, 1.54) is 19.2 Å². The van der Waals surface area contributed by atoms with Crippen LogP contribution in [0, 0.1) is 11.6 Å². The van der Waals surface area contributed by atoms with Crippen LogP contribution in [0.2, 0.25) is 0 Å². The highest BCUT2D eigenvalue weighted by Crippen LogP contribution is 2.09. The summed E-state index contributed by atoms with van der Waals surface area (Å²) in [6.45, 7) is 0.373. The van der Waals surface area contributed by atoms with Gasteiger partial charge in [0.1, 0.15) is 11.6 Å². The Morgan fingerprint density at radius 3 is 2.36 bits per heavy atom. The van der Waals surface area contributed by atoms with E-state index < -0.39 is 11.6 Å². The van der Waals surface area contributed by atoms with E-state index >= 15 is 0 Å². The summed E-state index contributed by atoms with van der Waals surface area (Å²) in [6, 6.07) is 3.16. The van der Waals surface area contributed by atoms with Crippen molar-refractivity contribution in [3.63, 3.8) is 0 Å². The molecule has 78 valence electrons. The summed E-state index contributed by atoms with van der Waals surface area (Å²) >= 11 is 0. The molecule has 0 amide bonds. The van der Waals surface area contributed by atoms with Crippen LogP contribution in [0.15, 0.2) is 18.2 Å². The minimum Gasteiger partial charge on any atom is -0.383 e. The molecule has 0 radical (unpaired) electrons. The first kappa shape index (κ1) is 11.1. The van der Waals surface area contributed by atoms with E-state index in [9.17, 15) is 8.78 Å². The second kappa shape index (κ2) is 5.02. The summed E-state index contributed by atoms with van der Waals surface area (Å²) in [6.07, 6.45) is 0.405. The highest BCUT2D eigenvalue weighted by Gasteiger charge is 2.06. The van der Waals surface area contributed by atoms with Crippen LogP contribution < -0.4 is 5.73 Å². The Balaban J connectivity index is 2.66. The minimum atomic E-state index is -0.579. The molecular formula is C10H13F2NO. The Labute approximate surface area is 81.7 Å². The molecule has 0 saturated carbocycles. The second-order valence-electron chi connectivity index (χ2n) is 3.20. The van der Waals surface area contributed by atoms with E-state index in [4.69, 9.17) is 10.5 Å². The summed E-state index contributed by atoms with van der Waals surface area (Å²) in [4.78, 5) is 0. The summed E-state index contributed by atoms with van der Waals surface area (Å²) in [5.41, 5.74) is 6.19. The molecule has 2 N–H and O–H groups in total. The van der Waals surface area contributed by atoms with Crippen molar-refractivity contribution in [1.82, 2.24) is 0 Å². The second-order valence-corrected chi connectivity index (χ2v) is 3.20. The molecular weight excluding hydrogens is 188 g/mol. The van der Waals surface area contributed by atoms with Gasteiger partial charge in [-0.2, -0.15) is 0 Å². The first-order valence-corrected chi connectivity index (χ1v) is 4.31. The molecule has 0 saturated heterocycles. The molecule has 1 aromatic rings. The van der Waals surface area contributed by atoms with Crippen LogP contribution in [-0.2, 0) is 11.2 Å². The Morgan fingerprint density at radius 1 is 1.29 bits per heavy atom. The Hall–Kier alpha value is -1.00. The number of methoxy groups -OCH3 is 1. The molecule has 0 aliphatic carbocycles. The molecule has 0 bridgehead atoms. The molecule has 4 heteroatoms. The van der Waals surface area contributed by atoms with Crippen molar-refractivity contribution in [1.29, 1.82) is 0 Å². The lowest BCUT2D eigenvalue weighted by molar-refractivity contribution is 0.180. The predicted molar refractivity (Wildman–Crippen MR) is 49.9 cm³/mol.